The number of carbonyl (C=O) groups is 1. The van der Waals surface area contributed by atoms with Crippen LogP contribution in [0.4, 0.5) is 8.78 Å². The first kappa shape index (κ1) is 31.5. The second-order valence-corrected chi connectivity index (χ2v) is 11.2. The molecule has 0 N–H and O–H groups in total. The fraction of sp³-hybridized carbons (Fsp3) is 0.719. The Bertz CT molecular complexity index is 782. The van der Waals surface area contributed by atoms with Crippen LogP contribution in [0.25, 0.3) is 0 Å². The highest BCUT2D eigenvalue weighted by Crippen LogP contribution is 2.36. The van der Waals surface area contributed by atoms with Gasteiger partial charge < -0.3 is 9.47 Å². The predicted molar refractivity (Wildman–Crippen MR) is 152 cm³/mol. The first-order chi connectivity index (χ1) is 17.8. The molecule has 0 spiro atoms. The van der Waals surface area contributed by atoms with Crippen molar-refractivity contribution in [2.24, 2.45) is 11.8 Å². The molecule has 0 unspecified atom stereocenters. The largest absolute Gasteiger partial charge is 0.463 e. The molecule has 3 nitrogen and oxygen atoms in total. The predicted octanol–water partition coefficient (Wildman–Crippen LogP) is 9.57. The summed E-state index contributed by atoms with van der Waals surface area (Å²) in [5.41, 5.74) is 1.11. The monoisotopic (exact) mass is 524 g/mol. The molecule has 1 aromatic carbocycles. The van der Waals surface area contributed by atoms with Crippen LogP contribution in [0.5, 0.6) is 0 Å². The highest BCUT2D eigenvalue weighted by atomic mass is 19.1. The van der Waals surface area contributed by atoms with Gasteiger partial charge in [0.15, 0.2) is 0 Å². The van der Waals surface area contributed by atoms with Crippen molar-refractivity contribution in [3.8, 4) is 0 Å². The zero-order valence-electron chi connectivity index (χ0n) is 23.5. The fourth-order valence-electron chi connectivity index (χ4n) is 5.38. The number of benzene rings is 1. The van der Waals surface area contributed by atoms with Crippen LogP contribution in [0.1, 0.15) is 124 Å². The van der Waals surface area contributed by atoms with Crippen molar-refractivity contribution >= 4 is 5.97 Å². The van der Waals surface area contributed by atoms with E-state index >= 15 is 0 Å². The van der Waals surface area contributed by atoms with Gasteiger partial charge in [0.2, 0.25) is 0 Å². The number of halogens is 2. The van der Waals surface area contributed by atoms with E-state index in [0.29, 0.717) is 25.0 Å². The molecule has 0 bridgehead atoms. The average Bonchev–Trinajstić information content (AvgIpc) is 2.89. The Morgan fingerprint density at radius 1 is 0.919 bits per heavy atom. The number of hydrogen-bond acceptors (Lipinski definition) is 3. The van der Waals surface area contributed by atoms with Gasteiger partial charge in [0, 0.05) is 21.1 Å². The zero-order chi connectivity index (χ0) is 27.0. The van der Waals surface area contributed by atoms with Gasteiger partial charge in [0.05, 0.1) is 12.7 Å². The lowest BCUT2D eigenvalue weighted by Gasteiger charge is -2.26. The van der Waals surface area contributed by atoms with Gasteiger partial charge in [0.25, 0.3) is 0 Å². The maximum atomic E-state index is 13.9. The summed E-state index contributed by atoms with van der Waals surface area (Å²) in [6.45, 7) is 11.3. The van der Waals surface area contributed by atoms with Crippen LogP contribution in [-0.4, -0.2) is 25.3 Å². The second kappa shape index (κ2) is 17.7. The first-order valence-corrected chi connectivity index (χ1v) is 14.7. The molecule has 0 radical (unpaired) electrons. The molecular formula is C32H54F2O3. The molecule has 2 saturated carbocycles. The van der Waals surface area contributed by atoms with Crippen LogP contribution in [0, 0.1) is 23.5 Å². The van der Waals surface area contributed by atoms with E-state index in [-0.39, 0.29) is 26.0 Å². The SMILES string of the molecule is C=CC(=O)OCCCCCCOC1CCC(C)CC1.CCCc1c(F)cc(C2CCC(C)CC2)cc1F.[HH].[HH]. The number of ether oxygens (including phenoxy) is 2. The van der Waals surface area contributed by atoms with Crippen molar-refractivity contribution in [2.45, 2.75) is 123 Å². The molecular weight excluding hydrogens is 470 g/mol. The van der Waals surface area contributed by atoms with Gasteiger partial charge in [-0.1, -0.05) is 53.0 Å². The molecule has 2 aliphatic carbocycles. The van der Waals surface area contributed by atoms with Gasteiger partial charge in [-0.3, -0.25) is 0 Å². The number of unbranched alkanes of at least 4 members (excludes halogenated alkanes) is 3. The summed E-state index contributed by atoms with van der Waals surface area (Å²) < 4.78 is 38.6. The van der Waals surface area contributed by atoms with Gasteiger partial charge in [-0.25, -0.2) is 13.6 Å². The minimum Gasteiger partial charge on any atom is -0.463 e. The molecule has 0 aromatic heterocycles. The lowest BCUT2D eigenvalue weighted by atomic mass is 9.79. The second-order valence-electron chi connectivity index (χ2n) is 11.2. The molecule has 0 atom stereocenters. The summed E-state index contributed by atoms with van der Waals surface area (Å²) in [6, 6.07) is 3.13. The number of rotatable bonds is 12. The summed E-state index contributed by atoms with van der Waals surface area (Å²) >= 11 is 0. The van der Waals surface area contributed by atoms with Gasteiger partial charge in [-0.15, -0.1) is 0 Å². The van der Waals surface area contributed by atoms with Crippen LogP contribution in [-0.2, 0) is 20.7 Å². The third kappa shape index (κ3) is 12.1. The summed E-state index contributed by atoms with van der Waals surface area (Å²) in [5.74, 6) is 0.958. The molecule has 0 aliphatic heterocycles. The normalized spacial score (nSPS) is 23.6. The molecule has 0 saturated heterocycles. The van der Waals surface area contributed by atoms with E-state index in [1.807, 2.05) is 6.92 Å². The standard InChI is InChI=1S/C16H22F2.C16H28O3.2H2/c1-3-4-14-15(17)9-13(10-16(14)18)12-7-5-11(2)6-8-12;1-3-16(17)19-13-7-5-4-6-12-18-15-10-8-14(2)9-11-15;;/h9-12H,3-8H2,1-2H3;3,14-15H,1,4-13H2,2H3;2*1H. The van der Waals surface area contributed by atoms with E-state index < -0.39 is 0 Å². The van der Waals surface area contributed by atoms with Crippen LogP contribution < -0.4 is 0 Å². The molecule has 1 aromatic rings. The topological polar surface area (TPSA) is 35.5 Å². The lowest BCUT2D eigenvalue weighted by molar-refractivity contribution is -0.137. The van der Waals surface area contributed by atoms with Gasteiger partial charge in [-0.2, -0.15) is 0 Å². The molecule has 3 rings (SSSR count). The summed E-state index contributed by atoms with van der Waals surface area (Å²) in [5, 5.41) is 0. The first-order valence-electron chi connectivity index (χ1n) is 14.7. The van der Waals surface area contributed by atoms with Crippen molar-refractivity contribution in [1.82, 2.24) is 0 Å². The summed E-state index contributed by atoms with van der Waals surface area (Å²) in [4.78, 5) is 10.8. The maximum absolute atomic E-state index is 13.9. The van der Waals surface area contributed by atoms with E-state index in [2.05, 4.69) is 20.4 Å². The van der Waals surface area contributed by atoms with Crippen molar-refractivity contribution < 1.29 is 25.9 Å². The Kier molecular flexibility index (Phi) is 15.1. The Balaban J connectivity index is 0.000000705. The van der Waals surface area contributed by atoms with Crippen LogP contribution in [0.2, 0.25) is 0 Å². The third-order valence-corrected chi connectivity index (χ3v) is 7.92. The highest BCUT2D eigenvalue weighted by Gasteiger charge is 2.22. The Hall–Kier alpha value is -1.75. The van der Waals surface area contributed by atoms with Crippen molar-refractivity contribution in [2.75, 3.05) is 13.2 Å². The molecule has 0 heterocycles. The molecule has 37 heavy (non-hydrogen) atoms. The highest BCUT2D eigenvalue weighted by molar-refractivity contribution is 5.81. The molecule has 2 fully saturated rings. The molecule has 2 aliphatic rings. The van der Waals surface area contributed by atoms with Crippen LogP contribution in [0.3, 0.4) is 0 Å². The Labute approximate surface area is 227 Å². The minimum absolute atomic E-state index is 0. The van der Waals surface area contributed by atoms with Gasteiger partial charge in [0.1, 0.15) is 11.6 Å². The number of hydrogen-bond donors (Lipinski definition) is 0. The number of carbonyl (C=O) groups excluding carboxylic acids is 1. The fourth-order valence-corrected chi connectivity index (χ4v) is 5.38. The number of esters is 1. The van der Waals surface area contributed by atoms with Gasteiger partial charge in [-0.05, 0) is 99.7 Å². The smallest absolute Gasteiger partial charge is 0.330 e. The quantitative estimate of drug-likeness (QED) is 0.155. The van der Waals surface area contributed by atoms with Crippen LogP contribution in [0.15, 0.2) is 24.8 Å². The van der Waals surface area contributed by atoms with E-state index in [0.717, 1.165) is 69.0 Å². The van der Waals surface area contributed by atoms with Gasteiger partial charge >= 0.3 is 5.97 Å². The van der Waals surface area contributed by atoms with Crippen LogP contribution >= 0.6 is 0 Å². The van der Waals surface area contributed by atoms with E-state index in [4.69, 9.17) is 9.47 Å². The van der Waals surface area contributed by atoms with E-state index in [1.54, 1.807) is 12.1 Å². The lowest BCUT2D eigenvalue weighted by Crippen LogP contribution is -2.20. The minimum atomic E-state index is -0.356. The molecule has 5 heteroatoms. The van der Waals surface area contributed by atoms with Crippen molar-refractivity contribution in [1.29, 1.82) is 0 Å². The molecule has 214 valence electrons. The summed E-state index contributed by atoms with van der Waals surface area (Å²) in [6.07, 6.45) is 16.8. The summed E-state index contributed by atoms with van der Waals surface area (Å²) in [7, 11) is 0. The van der Waals surface area contributed by atoms with E-state index in [9.17, 15) is 13.6 Å². The zero-order valence-corrected chi connectivity index (χ0v) is 23.5. The van der Waals surface area contributed by atoms with Crippen molar-refractivity contribution in [3.05, 3.63) is 47.5 Å². The Morgan fingerprint density at radius 2 is 1.46 bits per heavy atom. The van der Waals surface area contributed by atoms with Crippen molar-refractivity contribution in [3.63, 3.8) is 0 Å². The van der Waals surface area contributed by atoms with E-state index in [1.165, 1.54) is 44.6 Å². The maximum Gasteiger partial charge on any atom is 0.330 e. The average molecular weight is 525 g/mol. The molecule has 0 amide bonds. The third-order valence-electron chi connectivity index (χ3n) is 7.92. The Morgan fingerprint density at radius 3 is 2.00 bits per heavy atom.